The Balaban J connectivity index is 1.54. The van der Waals surface area contributed by atoms with E-state index in [0.717, 1.165) is 28.1 Å². The zero-order valence-corrected chi connectivity index (χ0v) is 15.1. The van der Waals surface area contributed by atoms with Crippen molar-refractivity contribution in [3.8, 4) is 11.1 Å². The first kappa shape index (κ1) is 17.2. The van der Waals surface area contributed by atoms with Crippen molar-refractivity contribution >= 4 is 11.8 Å². The van der Waals surface area contributed by atoms with Crippen molar-refractivity contribution in [2.45, 2.75) is 19.9 Å². The second kappa shape index (κ2) is 6.48. The van der Waals surface area contributed by atoms with Gasteiger partial charge in [0.1, 0.15) is 5.76 Å². The van der Waals surface area contributed by atoms with Crippen molar-refractivity contribution in [1.29, 1.82) is 0 Å². The van der Waals surface area contributed by atoms with Gasteiger partial charge in [-0.3, -0.25) is 14.5 Å². The van der Waals surface area contributed by atoms with E-state index in [2.05, 4.69) is 5.16 Å². The number of benzene rings is 2. The van der Waals surface area contributed by atoms with Gasteiger partial charge in [0.15, 0.2) is 0 Å². The van der Waals surface area contributed by atoms with Gasteiger partial charge in [-0.2, -0.15) is 0 Å². The van der Waals surface area contributed by atoms with Crippen LogP contribution in [0.25, 0.3) is 11.1 Å². The highest BCUT2D eigenvalue weighted by atomic mass is 16.5. The van der Waals surface area contributed by atoms with E-state index in [1.807, 2.05) is 38.1 Å². The summed E-state index contributed by atoms with van der Waals surface area (Å²) in [5.74, 6) is 0.173. The lowest BCUT2D eigenvalue weighted by molar-refractivity contribution is 0.0644. The summed E-state index contributed by atoms with van der Waals surface area (Å²) in [4.78, 5) is 26.2. The SMILES string of the molecule is Cc1noc(C)c1-c1ccc([C@@H](N)CN2C(=O)c3ccccc3C2=O)cc1. The smallest absolute Gasteiger partial charge is 0.261 e. The molecule has 0 saturated heterocycles. The molecule has 2 amide bonds. The van der Waals surface area contributed by atoms with Gasteiger partial charge in [-0.1, -0.05) is 41.6 Å². The average Bonchev–Trinajstić information content (AvgIpc) is 3.14. The van der Waals surface area contributed by atoms with Crippen LogP contribution in [0, 0.1) is 13.8 Å². The molecule has 1 aliphatic heterocycles. The highest BCUT2D eigenvalue weighted by molar-refractivity contribution is 6.21. The molecule has 0 aliphatic carbocycles. The molecule has 136 valence electrons. The molecule has 1 atom stereocenters. The van der Waals surface area contributed by atoms with Crippen molar-refractivity contribution in [2.24, 2.45) is 5.73 Å². The maximum Gasteiger partial charge on any atom is 0.261 e. The molecule has 0 radical (unpaired) electrons. The Morgan fingerprint density at radius 2 is 1.59 bits per heavy atom. The van der Waals surface area contributed by atoms with E-state index in [9.17, 15) is 9.59 Å². The minimum absolute atomic E-state index is 0.136. The van der Waals surface area contributed by atoms with Gasteiger partial charge in [0.2, 0.25) is 0 Å². The summed E-state index contributed by atoms with van der Waals surface area (Å²) in [5, 5.41) is 3.97. The zero-order valence-electron chi connectivity index (χ0n) is 15.1. The van der Waals surface area contributed by atoms with Crippen LogP contribution in [0.2, 0.25) is 0 Å². The van der Waals surface area contributed by atoms with E-state index in [4.69, 9.17) is 10.3 Å². The topological polar surface area (TPSA) is 89.4 Å². The minimum atomic E-state index is -0.467. The van der Waals surface area contributed by atoms with Crippen LogP contribution in [0.1, 0.15) is 43.8 Å². The van der Waals surface area contributed by atoms with Gasteiger partial charge in [0, 0.05) is 18.2 Å². The number of aromatic nitrogens is 1. The Bertz CT molecular complexity index is 983. The predicted molar refractivity (Wildman–Crippen MR) is 100 cm³/mol. The Morgan fingerprint density at radius 1 is 1.00 bits per heavy atom. The molecular weight excluding hydrogens is 342 g/mol. The summed E-state index contributed by atoms with van der Waals surface area (Å²) in [6, 6.07) is 14.1. The Kier molecular flexibility index (Phi) is 4.12. The lowest BCUT2D eigenvalue weighted by atomic mass is 10.00. The summed E-state index contributed by atoms with van der Waals surface area (Å²) in [6.45, 7) is 3.90. The molecule has 1 aromatic heterocycles. The Morgan fingerprint density at radius 3 is 2.11 bits per heavy atom. The second-order valence-corrected chi connectivity index (χ2v) is 6.69. The van der Waals surface area contributed by atoms with Gasteiger partial charge in [-0.05, 0) is 37.1 Å². The van der Waals surface area contributed by atoms with Crippen molar-refractivity contribution in [3.63, 3.8) is 0 Å². The quantitative estimate of drug-likeness (QED) is 0.721. The minimum Gasteiger partial charge on any atom is -0.361 e. The number of aryl methyl sites for hydroxylation is 2. The van der Waals surface area contributed by atoms with Gasteiger partial charge in [0.05, 0.1) is 16.8 Å². The first-order chi connectivity index (χ1) is 13.0. The van der Waals surface area contributed by atoms with Gasteiger partial charge in [-0.25, -0.2) is 0 Å². The number of imide groups is 1. The van der Waals surface area contributed by atoms with Crippen LogP contribution in [0.4, 0.5) is 0 Å². The van der Waals surface area contributed by atoms with E-state index >= 15 is 0 Å². The van der Waals surface area contributed by atoms with Crippen LogP contribution in [-0.4, -0.2) is 28.4 Å². The molecule has 2 N–H and O–H groups in total. The number of nitrogens with two attached hydrogens (primary N) is 1. The summed E-state index contributed by atoms with van der Waals surface area (Å²) < 4.78 is 5.21. The molecule has 0 bridgehead atoms. The van der Waals surface area contributed by atoms with Crippen molar-refractivity contribution in [3.05, 3.63) is 76.7 Å². The first-order valence-electron chi connectivity index (χ1n) is 8.71. The summed E-state index contributed by atoms with van der Waals surface area (Å²) >= 11 is 0. The van der Waals surface area contributed by atoms with Gasteiger partial charge < -0.3 is 10.3 Å². The van der Waals surface area contributed by atoms with Crippen molar-refractivity contribution in [2.75, 3.05) is 6.54 Å². The van der Waals surface area contributed by atoms with Crippen LogP contribution in [0.3, 0.4) is 0 Å². The number of amides is 2. The number of nitrogens with zero attached hydrogens (tertiary/aromatic N) is 2. The van der Waals surface area contributed by atoms with Crippen molar-refractivity contribution in [1.82, 2.24) is 10.1 Å². The Labute approximate surface area is 156 Å². The standard InChI is InChI=1S/C21H19N3O3/c1-12-19(13(2)27-23-12)15-9-7-14(8-10-15)18(22)11-24-20(25)16-5-3-4-6-17(16)21(24)26/h3-10,18H,11,22H2,1-2H3/t18-/m0/s1. The third-order valence-electron chi connectivity index (χ3n) is 4.92. The highest BCUT2D eigenvalue weighted by Crippen LogP contribution is 2.29. The number of hydrogen-bond donors (Lipinski definition) is 1. The lowest BCUT2D eigenvalue weighted by Gasteiger charge is -2.19. The number of fused-ring (bicyclic) bond motifs is 1. The molecule has 0 fully saturated rings. The molecule has 3 aromatic rings. The highest BCUT2D eigenvalue weighted by Gasteiger charge is 2.35. The molecule has 6 heteroatoms. The van der Waals surface area contributed by atoms with Crippen LogP contribution >= 0.6 is 0 Å². The molecule has 0 spiro atoms. The molecule has 27 heavy (non-hydrogen) atoms. The van der Waals surface area contributed by atoms with E-state index in [-0.39, 0.29) is 18.4 Å². The maximum absolute atomic E-state index is 12.5. The molecule has 0 unspecified atom stereocenters. The third kappa shape index (κ3) is 2.84. The lowest BCUT2D eigenvalue weighted by Crippen LogP contribution is -2.36. The van der Waals surface area contributed by atoms with E-state index in [1.54, 1.807) is 24.3 Å². The van der Waals surface area contributed by atoms with E-state index in [1.165, 1.54) is 4.90 Å². The normalized spacial score (nSPS) is 14.6. The fraction of sp³-hybridized carbons (Fsp3) is 0.190. The second-order valence-electron chi connectivity index (χ2n) is 6.69. The largest absolute Gasteiger partial charge is 0.361 e. The molecule has 2 aromatic carbocycles. The summed E-state index contributed by atoms with van der Waals surface area (Å²) in [6.07, 6.45) is 0. The average molecular weight is 361 g/mol. The zero-order chi connectivity index (χ0) is 19.1. The van der Waals surface area contributed by atoms with Gasteiger partial charge >= 0.3 is 0 Å². The summed E-state index contributed by atoms with van der Waals surface area (Å²) in [5.41, 5.74) is 10.8. The maximum atomic E-state index is 12.5. The summed E-state index contributed by atoms with van der Waals surface area (Å²) in [7, 11) is 0. The molecule has 0 saturated carbocycles. The van der Waals surface area contributed by atoms with Crippen molar-refractivity contribution < 1.29 is 14.1 Å². The fourth-order valence-electron chi connectivity index (χ4n) is 3.50. The molecule has 4 rings (SSSR count). The van der Waals surface area contributed by atoms with Gasteiger partial charge in [-0.15, -0.1) is 0 Å². The molecular formula is C21H19N3O3. The van der Waals surface area contributed by atoms with Crippen LogP contribution in [0.15, 0.2) is 53.1 Å². The van der Waals surface area contributed by atoms with E-state index < -0.39 is 6.04 Å². The number of hydrogen-bond acceptors (Lipinski definition) is 5. The molecule has 6 nitrogen and oxygen atoms in total. The van der Waals surface area contributed by atoms with Crippen LogP contribution < -0.4 is 5.73 Å². The number of carbonyl (C=O) groups excluding carboxylic acids is 2. The Hall–Kier alpha value is -3.25. The van der Waals surface area contributed by atoms with E-state index in [0.29, 0.717) is 11.1 Å². The predicted octanol–water partition coefficient (Wildman–Crippen LogP) is 3.25. The molecule has 1 aliphatic rings. The van der Waals surface area contributed by atoms with Crippen LogP contribution in [0.5, 0.6) is 0 Å². The van der Waals surface area contributed by atoms with Crippen LogP contribution in [-0.2, 0) is 0 Å². The number of rotatable bonds is 4. The molecule has 2 heterocycles. The number of carbonyl (C=O) groups is 2. The monoisotopic (exact) mass is 361 g/mol. The van der Waals surface area contributed by atoms with Gasteiger partial charge in [0.25, 0.3) is 11.8 Å². The third-order valence-corrected chi connectivity index (χ3v) is 4.92. The fourth-order valence-corrected chi connectivity index (χ4v) is 3.50. The first-order valence-corrected chi connectivity index (χ1v) is 8.71.